The van der Waals surface area contributed by atoms with E-state index in [1.807, 2.05) is 20.0 Å². The summed E-state index contributed by atoms with van der Waals surface area (Å²) in [5.41, 5.74) is 4.48. The number of H-pyrrole nitrogens is 1. The Morgan fingerprint density at radius 2 is 2.00 bits per heavy atom. The number of aromatic amines is 1. The van der Waals surface area contributed by atoms with E-state index in [1.165, 1.54) is 5.56 Å². The molecule has 1 aromatic carbocycles. The van der Waals surface area contributed by atoms with Gasteiger partial charge in [-0.3, -0.25) is 14.7 Å². The molecule has 1 amide bonds. The standard InChI is InChI=1S/C21H27N3O2/c1-14(2)11-19(25)21(26)24-10-4-5-17(13-24)20-18(12-22-23-20)16-8-6-15(3)7-9-16/h6-9,12,14,17H,4-5,10-11,13H2,1-3H3,(H,22,23)/t17-/m1/s1. The Morgan fingerprint density at radius 3 is 2.69 bits per heavy atom. The van der Waals surface area contributed by atoms with Crippen molar-refractivity contribution in [3.05, 3.63) is 41.7 Å². The van der Waals surface area contributed by atoms with E-state index in [2.05, 4.69) is 41.4 Å². The average molecular weight is 353 g/mol. The number of likely N-dealkylation sites (tertiary alicyclic amines) is 1. The summed E-state index contributed by atoms with van der Waals surface area (Å²) in [6.07, 6.45) is 4.06. The number of hydrogen-bond donors (Lipinski definition) is 1. The summed E-state index contributed by atoms with van der Waals surface area (Å²) in [6.45, 7) is 7.22. The van der Waals surface area contributed by atoms with Gasteiger partial charge in [0.2, 0.25) is 5.78 Å². The van der Waals surface area contributed by atoms with Crippen molar-refractivity contribution in [3.63, 3.8) is 0 Å². The minimum Gasteiger partial charge on any atom is -0.335 e. The largest absolute Gasteiger partial charge is 0.335 e. The van der Waals surface area contributed by atoms with E-state index < -0.39 is 0 Å². The number of hydrogen-bond acceptors (Lipinski definition) is 3. The van der Waals surface area contributed by atoms with Gasteiger partial charge in [-0.05, 0) is 31.2 Å². The highest BCUT2D eigenvalue weighted by Gasteiger charge is 2.30. The molecule has 0 radical (unpaired) electrons. The number of benzene rings is 1. The van der Waals surface area contributed by atoms with Gasteiger partial charge >= 0.3 is 0 Å². The van der Waals surface area contributed by atoms with E-state index in [9.17, 15) is 9.59 Å². The Labute approximate surface area is 154 Å². The number of carbonyl (C=O) groups excluding carboxylic acids is 2. The molecule has 1 atom stereocenters. The normalized spacial score (nSPS) is 17.5. The van der Waals surface area contributed by atoms with Gasteiger partial charge in [-0.1, -0.05) is 43.7 Å². The van der Waals surface area contributed by atoms with Crippen LogP contribution in [0.1, 0.15) is 50.3 Å². The molecule has 0 saturated carbocycles. The summed E-state index contributed by atoms with van der Waals surface area (Å²) < 4.78 is 0. The molecule has 1 aromatic heterocycles. The summed E-state index contributed by atoms with van der Waals surface area (Å²) in [4.78, 5) is 26.4. The van der Waals surface area contributed by atoms with Crippen LogP contribution in [0.15, 0.2) is 30.5 Å². The molecule has 2 heterocycles. The second-order valence-electron chi connectivity index (χ2n) is 7.67. The Bertz CT molecular complexity index is 777. The fourth-order valence-electron chi connectivity index (χ4n) is 3.60. The van der Waals surface area contributed by atoms with E-state index >= 15 is 0 Å². The highest BCUT2D eigenvalue weighted by atomic mass is 16.2. The number of Topliss-reactive ketones (excluding diaryl/α,β-unsaturated/α-hetero) is 1. The minimum absolute atomic E-state index is 0.179. The van der Waals surface area contributed by atoms with Gasteiger partial charge < -0.3 is 4.90 Å². The maximum absolute atomic E-state index is 12.5. The highest BCUT2D eigenvalue weighted by Crippen LogP contribution is 2.33. The van der Waals surface area contributed by atoms with Crippen LogP contribution in [0.25, 0.3) is 11.1 Å². The van der Waals surface area contributed by atoms with Crippen molar-refractivity contribution in [2.75, 3.05) is 13.1 Å². The molecule has 0 bridgehead atoms. The third kappa shape index (κ3) is 4.03. The number of piperidine rings is 1. The number of nitrogens with one attached hydrogen (secondary N) is 1. The molecule has 5 nitrogen and oxygen atoms in total. The molecule has 1 saturated heterocycles. The fourth-order valence-corrected chi connectivity index (χ4v) is 3.60. The van der Waals surface area contributed by atoms with E-state index in [0.29, 0.717) is 19.5 Å². The molecule has 5 heteroatoms. The van der Waals surface area contributed by atoms with Crippen LogP contribution >= 0.6 is 0 Å². The Hall–Kier alpha value is -2.43. The third-order valence-corrected chi connectivity index (χ3v) is 4.98. The van der Waals surface area contributed by atoms with E-state index in [1.54, 1.807) is 4.90 Å². The Balaban J connectivity index is 1.76. The quantitative estimate of drug-likeness (QED) is 0.834. The minimum atomic E-state index is -0.334. The van der Waals surface area contributed by atoms with E-state index in [4.69, 9.17) is 0 Å². The fraction of sp³-hybridized carbons (Fsp3) is 0.476. The molecule has 0 unspecified atom stereocenters. The summed E-state index contributed by atoms with van der Waals surface area (Å²) in [6, 6.07) is 8.38. The lowest BCUT2D eigenvalue weighted by Gasteiger charge is -2.32. The monoisotopic (exact) mass is 353 g/mol. The van der Waals surface area contributed by atoms with Crippen molar-refractivity contribution in [2.45, 2.75) is 46.0 Å². The maximum atomic E-state index is 12.5. The Kier molecular flexibility index (Phi) is 5.55. The SMILES string of the molecule is Cc1ccc(-c2cn[nH]c2[C@@H]2CCCN(C(=O)C(=O)CC(C)C)C2)cc1. The lowest BCUT2D eigenvalue weighted by molar-refractivity contribution is -0.145. The van der Waals surface area contributed by atoms with E-state index in [0.717, 1.165) is 29.7 Å². The zero-order valence-electron chi connectivity index (χ0n) is 15.8. The second-order valence-corrected chi connectivity index (χ2v) is 7.67. The number of amides is 1. The molecule has 0 aliphatic carbocycles. The zero-order chi connectivity index (χ0) is 18.7. The molecule has 0 spiro atoms. The van der Waals surface area contributed by atoms with Gasteiger partial charge in [0.1, 0.15) is 0 Å². The van der Waals surface area contributed by atoms with Crippen LogP contribution in [-0.4, -0.2) is 39.9 Å². The number of rotatable bonds is 5. The number of carbonyl (C=O) groups is 2. The molecule has 1 fully saturated rings. The first kappa shape index (κ1) is 18.4. The summed E-state index contributed by atoms with van der Waals surface area (Å²) in [5, 5.41) is 7.38. The van der Waals surface area contributed by atoms with Crippen molar-refractivity contribution in [1.29, 1.82) is 0 Å². The van der Waals surface area contributed by atoms with Gasteiger partial charge in [-0.25, -0.2) is 0 Å². The third-order valence-electron chi connectivity index (χ3n) is 4.98. The lowest BCUT2D eigenvalue weighted by Crippen LogP contribution is -2.43. The molecular formula is C21H27N3O2. The topological polar surface area (TPSA) is 66.1 Å². The number of ketones is 1. The molecule has 3 rings (SSSR count). The first-order valence-electron chi connectivity index (χ1n) is 9.38. The van der Waals surface area contributed by atoms with Gasteiger partial charge in [0.05, 0.1) is 6.20 Å². The molecule has 2 aromatic rings. The molecule has 138 valence electrons. The van der Waals surface area contributed by atoms with Crippen LogP contribution in [0.3, 0.4) is 0 Å². The summed E-state index contributed by atoms with van der Waals surface area (Å²) >= 11 is 0. The van der Waals surface area contributed by atoms with Crippen molar-refractivity contribution >= 4 is 11.7 Å². The smallest absolute Gasteiger partial charge is 0.289 e. The van der Waals surface area contributed by atoms with Gasteiger partial charge in [0.15, 0.2) is 0 Å². The van der Waals surface area contributed by atoms with Crippen LogP contribution < -0.4 is 0 Å². The van der Waals surface area contributed by atoms with Gasteiger partial charge in [0.25, 0.3) is 5.91 Å². The van der Waals surface area contributed by atoms with Crippen molar-refractivity contribution in [2.24, 2.45) is 5.92 Å². The van der Waals surface area contributed by atoms with Crippen LogP contribution in [0.2, 0.25) is 0 Å². The maximum Gasteiger partial charge on any atom is 0.289 e. The summed E-state index contributed by atoms with van der Waals surface area (Å²) in [5.74, 6) is -0.227. The van der Waals surface area contributed by atoms with Gasteiger partial charge in [-0.15, -0.1) is 0 Å². The molecular weight excluding hydrogens is 326 g/mol. The molecule has 1 N–H and O–H groups in total. The predicted molar refractivity (Wildman–Crippen MR) is 102 cm³/mol. The number of aryl methyl sites for hydroxylation is 1. The second kappa shape index (κ2) is 7.85. The zero-order valence-corrected chi connectivity index (χ0v) is 15.8. The van der Waals surface area contributed by atoms with Crippen molar-refractivity contribution < 1.29 is 9.59 Å². The summed E-state index contributed by atoms with van der Waals surface area (Å²) in [7, 11) is 0. The van der Waals surface area contributed by atoms with Crippen LogP contribution in [-0.2, 0) is 9.59 Å². The predicted octanol–water partition coefficient (Wildman–Crippen LogP) is 3.71. The lowest BCUT2D eigenvalue weighted by atomic mass is 9.90. The van der Waals surface area contributed by atoms with Crippen molar-refractivity contribution in [3.8, 4) is 11.1 Å². The van der Waals surface area contributed by atoms with Gasteiger partial charge in [-0.2, -0.15) is 5.10 Å². The molecule has 1 aliphatic rings. The van der Waals surface area contributed by atoms with Crippen LogP contribution in [0, 0.1) is 12.8 Å². The van der Waals surface area contributed by atoms with Crippen LogP contribution in [0.5, 0.6) is 0 Å². The van der Waals surface area contributed by atoms with E-state index in [-0.39, 0.29) is 23.5 Å². The first-order chi connectivity index (χ1) is 12.5. The molecule has 1 aliphatic heterocycles. The molecule has 26 heavy (non-hydrogen) atoms. The average Bonchev–Trinajstić information content (AvgIpc) is 3.11. The van der Waals surface area contributed by atoms with Gasteiger partial charge in [0, 0.05) is 36.7 Å². The number of aromatic nitrogens is 2. The first-order valence-corrected chi connectivity index (χ1v) is 9.38. The van der Waals surface area contributed by atoms with Crippen LogP contribution in [0.4, 0.5) is 0 Å². The number of nitrogens with zero attached hydrogens (tertiary/aromatic N) is 2. The highest BCUT2D eigenvalue weighted by molar-refractivity contribution is 6.36. The van der Waals surface area contributed by atoms with Crippen molar-refractivity contribution in [1.82, 2.24) is 15.1 Å². The Morgan fingerprint density at radius 1 is 1.27 bits per heavy atom.